The molecule has 1 aliphatic heterocycles. The second-order valence-corrected chi connectivity index (χ2v) is 6.22. The molecule has 4 rings (SSSR count). The average molecular weight is 335 g/mol. The maximum atomic E-state index is 11.9. The molecule has 0 spiro atoms. The normalized spacial score (nSPS) is 17.0. The van der Waals surface area contributed by atoms with Gasteiger partial charge >= 0.3 is 0 Å². The summed E-state index contributed by atoms with van der Waals surface area (Å²) >= 11 is 0. The van der Waals surface area contributed by atoms with Gasteiger partial charge in [-0.25, -0.2) is 0 Å². The molecule has 128 valence electrons. The molecule has 0 fully saturated rings. The molecular formula is C20H21N3O2. The van der Waals surface area contributed by atoms with E-state index in [0.29, 0.717) is 18.8 Å². The quantitative estimate of drug-likeness (QED) is 0.628. The van der Waals surface area contributed by atoms with E-state index in [9.17, 15) is 4.79 Å². The van der Waals surface area contributed by atoms with Crippen molar-refractivity contribution in [2.45, 2.75) is 12.5 Å². The molecule has 0 radical (unpaired) electrons. The molecule has 2 heterocycles. The molecule has 1 aromatic heterocycles. The monoisotopic (exact) mass is 335 g/mol. The molecule has 5 nitrogen and oxygen atoms in total. The summed E-state index contributed by atoms with van der Waals surface area (Å²) in [6, 6.07) is 16.5. The molecule has 0 saturated heterocycles. The van der Waals surface area contributed by atoms with Crippen molar-refractivity contribution in [2.75, 3.05) is 19.7 Å². The molecule has 0 aliphatic carbocycles. The van der Waals surface area contributed by atoms with Crippen LogP contribution in [0.3, 0.4) is 0 Å². The third-order valence-electron chi connectivity index (χ3n) is 4.58. The highest BCUT2D eigenvalue weighted by atomic mass is 16.5. The number of rotatable bonds is 5. The lowest BCUT2D eigenvalue weighted by Crippen LogP contribution is -2.27. The Balaban J connectivity index is 1.34. The van der Waals surface area contributed by atoms with E-state index in [1.54, 1.807) is 0 Å². The predicted octanol–water partition coefficient (Wildman–Crippen LogP) is 3.01. The predicted molar refractivity (Wildman–Crippen MR) is 97.9 cm³/mol. The van der Waals surface area contributed by atoms with Crippen molar-refractivity contribution in [3.63, 3.8) is 0 Å². The SMILES string of the molecule is O=C1NCCC(NCCOc2ccc3ccccc3c2)c2cc[nH]c21. The fourth-order valence-corrected chi connectivity index (χ4v) is 3.31. The van der Waals surface area contributed by atoms with Crippen molar-refractivity contribution in [3.8, 4) is 5.75 Å². The van der Waals surface area contributed by atoms with Gasteiger partial charge < -0.3 is 20.4 Å². The maximum absolute atomic E-state index is 11.9. The number of aromatic amines is 1. The molecule has 5 heteroatoms. The molecule has 0 bridgehead atoms. The van der Waals surface area contributed by atoms with Crippen LogP contribution < -0.4 is 15.4 Å². The van der Waals surface area contributed by atoms with Gasteiger partial charge in [0.2, 0.25) is 0 Å². The van der Waals surface area contributed by atoms with Gasteiger partial charge in [0, 0.05) is 25.3 Å². The summed E-state index contributed by atoms with van der Waals surface area (Å²) in [4.78, 5) is 15.0. The zero-order valence-electron chi connectivity index (χ0n) is 13.9. The minimum absolute atomic E-state index is 0.0308. The first-order chi connectivity index (χ1) is 12.3. The van der Waals surface area contributed by atoms with Crippen molar-refractivity contribution in [2.24, 2.45) is 0 Å². The fourth-order valence-electron chi connectivity index (χ4n) is 3.31. The Morgan fingerprint density at radius 2 is 2.00 bits per heavy atom. The van der Waals surface area contributed by atoms with Gasteiger partial charge in [0.1, 0.15) is 18.1 Å². The molecule has 1 unspecified atom stereocenters. The molecule has 1 atom stereocenters. The number of hydrogen-bond acceptors (Lipinski definition) is 3. The first kappa shape index (κ1) is 15.7. The van der Waals surface area contributed by atoms with E-state index in [2.05, 4.69) is 39.9 Å². The highest BCUT2D eigenvalue weighted by Crippen LogP contribution is 2.23. The van der Waals surface area contributed by atoms with Crippen LogP contribution in [0.2, 0.25) is 0 Å². The van der Waals surface area contributed by atoms with E-state index in [4.69, 9.17) is 4.74 Å². The maximum Gasteiger partial charge on any atom is 0.268 e. The summed E-state index contributed by atoms with van der Waals surface area (Å²) in [5, 5.41) is 8.79. The number of carbonyl (C=O) groups excluding carboxylic acids is 1. The standard InChI is InChI=1S/C20H21N3O2/c24-20-19-17(7-9-22-19)18(8-10-23-20)21-11-12-25-16-6-5-14-3-1-2-4-15(14)13-16/h1-7,9,13,18,21-22H,8,10-12H2,(H,23,24). The van der Waals surface area contributed by atoms with Gasteiger partial charge in [-0.3, -0.25) is 4.79 Å². The van der Waals surface area contributed by atoms with Crippen LogP contribution in [0.4, 0.5) is 0 Å². The van der Waals surface area contributed by atoms with Crippen LogP contribution in [0.5, 0.6) is 5.75 Å². The number of ether oxygens (including phenoxy) is 1. The van der Waals surface area contributed by atoms with Crippen molar-refractivity contribution in [1.82, 2.24) is 15.6 Å². The molecule has 1 amide bonds. The number of H-pyrrole nitrogens is 1. The zero-order valence-corrected chi connectivity index (χ0v) is 13.9. The summed E-state index contributed by atoms with van der Waals surface area (Å²) in [5.41, 5.74) is 1.69. The Hall–Kier alpha value is -2.79. The van der Waals surface area contributed by atoms with Gasteiger partial charge in [0.15, 0.2) is 0 Å². The highest BCUT2D eigenvalue weighted by molar-refractivity contribution is 5.94. The highest BCUT2D eigenvalue weighted by Gasteiger charge is 2.23. The zero-order chi connectivity index (χ0) is 17.1. The lowest BCUT2D eigenvalue weighted by Gasteiger charge is -2.17. The largest absolute Gasteiger partial charge is 0.492 e. The Bertz CT molecular complexity index is 887. The first-order valence-electron chi connectivity index (χ1n) is 8.62. The first-order valence-corrected chi connectivity index (χ1v) is 8.62. The molecule has 3 aromatic rings. The van der Waals surface area contributed by atoms with E-state index in [1.165, 1.54) is 10.8 Å². The minimum Gasteiger partial charge on any atom is -0.492 e. The van der Waals surface area contributed by atoms with E-state index in [0.717, 1.165) is 24.3 Å². The molecule has 25 heavy (non-hydrogen) atoms. The van der Waals surface area contributed by atoms with Gasteiger partial charge in [-0.2, -0.15) is 0 Å². The van der Waals surface area contributed by atoms with Crippen LogP contribution in [0.1, 0.15) is 28.5 Å². The third kappa shape index (κ3) is 3.37. The number of benzene rings is 2. The summed E-state index contributed by atoms with van der Waals surface area (Å²) in [6.45, 7) is 1.97. The van der Waals surface area contributed by atoms with Crippen molar-refractivity contribution >= 4 is 16.7 Å². The molecule has 3 N–H and O–H groups in total. The second-order valence-electron chi connectivity index (χ2n) is 6.22. The number of aromatic nitrogens is 1. The van der Waals surface area contributed by atoms with E-state index < -0.39 is 0 Å². The lowest BCUT2D eigenvalue weighted by atomic mass is 10.1. The average Bonchev–Trinajstić information content (AvgIpc) is 3.08. The van der Waals surface area contributed by atoms with Gasteiger partial charge in [-0.05, 0) is 41.0 Å². The smallest absolute Gasteiger partial charge is 0.268 e. The number of amides is 1. The fraction of sp³-hybridized carbons (Fsp3) is 0.250. The van der Waals surface area contributed by atoms with Crippen molar-refractivity contribution in [1.29, 1.82) is 0 Å². The Kier molecular flexibility index (Phi) is 4.39. The summed E-state index contributed by atoms with van der Waals surface area (Å²) in [7, 11) is 0. The summed E-state index contributed by atoms with van der Waals surface area (Å²) in [6.07, 6.45) is 2.68. The van der Waals surface area contributed by atoms with E-state index in [1.807, 2.05) is 30.5 Å². The second kappa shape index (κ2) is 6.99. The van der Waals surface area contributed by atoms with Gasteiger partial charge in [-0.15, -0.1) is 0 Å². The molecule has 1 aliphatic rings. The van der Waals surface area contributed by atoms with Crippen molar-refractivity contribution < 1.29 is 9.53 Å². The van der Waals surface area contributed by atoms with Crippen LogP contribution in [0.15, 0.2) is 54.7 Å². The van der Waals surface area contributed by atoms with E-state index >= 15 is 0 Å². The molecule has 0 saturated carbocycles. The number of nitrogens with one attached hydrogen (secondary N) is 3. The van der Waals surface area contributed by atoms with Gasteiger partial charge in [0.05, 0.1) is 0 Å². The Morgan fingerprint density at radius 3 is 2.92 bits per heavy atom. The number of hydrogen-bond donors (Lipinski definition) is 3. The lowest BCUT2D eigenvalue weighted by molar-refractivity contribution is 0.0951. The Morgan fingerprint density at radius 1 is 1.12 bits per heavy atom. The molecular weight excluding hydrogens is 314 g/mol. The van der Waals surface area contributed by atoms with Crippen LogP contribution >= 0.6 is 0 Å². The van der Waals surface area contributed by atoms with Crippen LogP contribution in [-0.4, -0.2) is 30.6 Å². The van der Waals surface area contributed by atoms with Crippen LogP contribution in [-0.2, 0) is 0 Å². The summed E-state index contributed by atoms with van der Waals surface area (Å²) < 4.78 is 5.87. The van der Waals surface area contributed by atoms with Crippen LogP contribution in [0, 0.1) is 0 Å². The number of fused-ring (bicyclic) bond motifs is 2. The topological polar surface area (TPSA) is 66.2 Å². The minimum atomic E-state index is -0.0308. The van der Waals surface area contributed by atoms with Crippen molar-refractivity contribution in [3.05, 3.63) is 66.0 Å². The van der Waals surface area contributed by atoms with Gasteiger partial charge in [-0.1, -0.05) is 30.3 Å². The van der Waals surface area contributed by atoms with E-state index in [-0.39, 0.29) is 11.9 Å². The van der Waals surface area contributed by atoms with Crippen LogP contribution in [0.25, 0.3) is 10.8 Å². The number of carbonyl (C=O) groups is 1. The third-order valence-corrected chi connectivity index (χ3v) is 4.58. The summed E-state index contributed by atoms with van der Waals surface area (Å²) in [5.74, 6) is 0.845. The van der Waals surface area contributed by atoms with Gasteiger partial charge in [0.25, 0.3) is 5.91 Å². The Labute approximate surface area is 146 Å². The molecule has 2 aromatic carbocycles.